The summed E-state index contributed by atoms with van der Waals surface area (Å²) in [5, 5.41) is 8.56. The van der Waals surface area contributed by atoms with Crippen molar-refractivity contribution >= 4 is 17.8 Å². The van der Waals surface area contributed by atoms with Gasteiger partial charge in [0.1, 0.15) is 17.1 Å². The number of hydrogen-bond acceptors (Lipinski definition) is 6. The van der Waals surface area contributed by atoms with Crippen LogP contribution in [0.25, 0.3) is 11.5 Å². The normalized spacial score (nSPS) is 13.6. The molecule has 3 rings (SSSR count). The Labute approximate surface area is 176 Å². The maximum atomic E-state index is 11.9. The molecular weight excluding hydrogens is 384 g/mol. The number of hydrogen-bond donors (Lipinski definition) is 4. The van der Waals surface area contributed by atoms with Crippen LogP contribution in [0.4, 0.5) is 10.6 Å². The molecule has 30 heavy (non-hydrogen) atoms. The summed E-state index contributed by atoms with van der Waals surface area (Å²) in [7, 11) is 0. The van der Waals surface area contributed by atoms with E-state index in [1.54, 1.807) is 20.8 Å². The molecule has 9 heteroatoms. The smallest absolute Gasteiger partial charge is 0.407 e. The van der Waals surface area contributed by atoms with Crippen LogP contribution >= 0.6 is 0 Å². The molecule has 162 valence electrons. The number of nitrogens with zero attached hydrogens (tertiary/aromatic N) is 2. The summed E-state index contributed by atoms with van der Waals surface area (Å²) >= 11 is 0. The van der Waals surface area contributed by atoms with Crippen molar-refractivity contribution in [2.75, 3.05) is 25.0 Å². The number of alkyl carbamates (subject to hydrolysis) is 1. The van der Waals surface area contributed by atoms with Crippen LogP contribution < -0.4 is 16.0 Å². The SMILES string of the molecule is CC(C)(C)OC(=O)NCCC(=O)NCCNc1cccc(-c2ncc(C3CC3)[nH]2)n1. The molecule has 0 saturated heterocycles. The zero-order valence-corrected chi connectivity index (χ0v) is 17.7. The lowest BCUT2D eigenvalue weighted by molar-refractivity contribution is -0.120. The van der Waals surface area contributed by atoms with Crippen LogP contribution in [0.15, 0.2) is 24.4 Å². The van der Waals surface area contributed by atoms with E-state index < -0.39 is 11.7 Å². The number of H-pyrrole nitrogens is 1. The summed E-state index contributed by atoms with van der Waals surface area (Å²) in [6.45, 7) is 6.57. The third-order valence-electron chi connectivity index (χ3n) is 4.38. The van der Waals surface area contributed by atoms with Crippen molar-refractivity contribution in [2.45, 2.75) is 51.6 Å². The molecule has 0 radical (unpaired) electrons. The number of anilines is 1. The number of aromatic amines is 1. The van der Waals surface area contributed by atoms with Gasteiger partial charge in [0.25, 0.3) is 0 Å². The summed E-state index contributed by atoms with van der Waals surface area (Å²) in [5.41, 5.74) is 1.40. The van der Waals surface area contributed by atoms with E-state index in [1.807, 2.05) is 24.4 Å². The Morgan fingerprint density at radius 2 is 1.97 bits per heavy atom. The number of carbonyl (C=O) groups is 2. The van der Waals surface area contributed by atoms with Crippen LogP contribution in [0.5, 0.6) is 0 Å². The van der Waals surface area contributed by atoms with Crippen LogP contribution in [0.2, 0.25) is 0 Å². The van der Waals surface area contributed by atoms with E-state index in [2.05, 4.69) is 30.9 Å². The molecule has 4 N–H and O–H groups in total. The van der Waals surface area contributed by atoms with Gasteiger partial charge in [0.15, 0.2) is 5.82 Å². The molecule has 0 spiro atoms. The van der Waals surface area contributed by atoms with E-state index in [-0.39, 0.29) is 18.9 Å². The number of pyridine rings is 1. The minimum absolute atomic E-state index is 0.141. The summed E-state index contributed by atoms with van der Waals surface area (Å²) in [6, 6.07) is 5.71. The van der Waals surface area contributed by atoms with Gasteiger partial charge < -0.3 is 25.7 Å². The van der Waals surface area contributed by atoms with Crippen molar-refractivity contribution < 1.29 is 14.3 Å². The van der Waals surface area contributed by atoms with Crippen molar-refractivity contribution in [2.24, 2.45) is 0 Å². The van der Waals surface area contributed by atoms with E-state index in [4.69, 9.17) is 4.74 Å². The first-order chi connectivity index (χ1) is 14.3. The van der Waals surface area contributed by atoms with Gasteiger partial charge >= 0.3 is 6.09 Å². The third kappa shape index (κ3) is 7.06. The molecule has 0 unspecified atom stereocenters. The second-order valence-electron chi connectivity index (χ2n) is 8.32. The third-order valence-corrected chi connectivity index (χ3v) is 4.38. The molecule has 0 aliphatic heterocycles. The molecule has 1 aliphatic rings. The molecule has 0 atom stereocenters. The molecule has 9 nitrogen and oxygen atoms in total. The van der Waals surface area contributed by atoms with Gasteiger partial charge in [0.2, 0.25) is 5.91 Å². The van der Waals surface area contributed by atoms with Gasteiger partial charge in [-0.25, -0.2) is 14.8 Å². The van der Waals surface area contributed by atoms with Crippen LogP contribution in [0.1, 0.15) is 51.6 Å². The monoisotopic (exact) mass is 414 g/mol. The zero-order chi connectivity index (χ0) is 21.6. The van der Waals surface area contributed by atoms with Gasteiger partial charge in [-0.05, 0) is 45.7 Å². The lowest BCUT2D eigenvalue weighted by atomic mass is 10.2. The predicted octanol–water partition coefficient (Wildman–Crippen LogP) is 2.79. The zero-order valence-electron chi connectivity index (χ0n) is 17.7. The predicted molar refractivity (Wildman–Crippen MR) is 114 cm³/mol. The molecule has 0 aromatic carbocycles. The second kappa shape index (κ2) is 9.60. The average molecular weight is 415 g/mol. The minimum atomic E-state index is -0.556. The highest BCUT2D eigenvalue weighted by molar-refractivity contribution is 5.77. The number of ether oxygens (including phenoxy) is 1. The van der Waals surface area contributed by atoms with Gasteiger partial charge in [0.05, 0.1) is 0 Å². The fourth-order valence-corrected chi connectivity index (χ4v) is 2.81. The first kappa shape index (κ1) is 21.6. The maximum Gasteiger partial charge on any atom is 0.407 e. The quantitative estimate of drug-likeness (QED) is 0.468. The van der Waals surface area contributed by atoms with Crippen LogP contribution in [-0.2, 0) is 9.53 Å². The van der Waals surface area contributed by atoms with Crippen molar-refractivity contribution in [3.8, 4) is 11.5 Å². The number of rotatable bonds is 9. The number of amides is 2. The first-order valence-corrected chi connectivity index (χ1v) is 10.3. The molecule has 1 aliphatic carbocycles. The molecule has 2 heterocycles. The molecule has 2 amide bonds. The molecule has 1 fully saturated rings. The van der Waals surface area contributed by atoms with E-state index in [0.29, 0.717) is 19.0 Å². The van der Waals surface area contributed by atoms with E-state index in [0.717, 1.165) is 17.3 Å². The Balaban J connectivity index is 1.34. The lowest BCUT2D eigenvalue weighted by Crippen LogP contribution is -2.36. The Bertz CT molecular complexity index is 870. The second-order valence-corrected chi connectivity index (χ2v) is 8.32. The number of aromatic nitrogens is 3. The average Bonchev–Trinajstić information content (AvgIpc) is 3.41. The highest BCUT2D eigenvalue weighted by atomic mass is 16.6. The van der Waals surface area contributed by atoms with Crippen LogP contribution in [-0.4, -0.2) is 52.2 Å². The minimum Gasteiger partial charge on any atom is -0.444 e. The number of imidazole rings is 1. The van der Waals surface area contributed by atoms with Crippen molar-refractivity contribution in [3.05, 3.63) is 30.1 Å². The van der Waals surface area contributed by atoms with Crippen molar-refractivity contribution in [1.82, 2.24) is 25.6 Å². The standard InChI is InChI=1S/C21H30N6O3/c1-21(2,3)30-20(29)24-10-9-18(28)23-12-11-22-17-6-4-5-15(26-17)19-25-13-16(27-19)14-7-8-14/h4-6,13-14H,7-12H2,1-3H3,(H,22,26)(H,23,28)(H,24,29)(H,25,27). The molecular formula is C21H30N6O3. The molecule has 2 aromatic rings. The van der Waals surface area contributed by atoms with E-state index in [9.17, 15) is 9.59 Å². The van der Waals surface area contributed by atoms with Crippen molar-refractivity contribution in [3.63, 3.8) is 0 Å². The molecule has 1 saturated carbocycles. The fraction of sp³-hybridized carbons (Fsp3) is 0.524. The topological polar surface area (TPSA) is 121 Å². The van der Waals surface area contributed by atoms with E-state index in [1.165, 1.54) is 18.5 Å². The fourth-order valence-electron chi connectivity index (χ4n) is 2.81. The highest BCUT2D eigenvalue weighted by Crippen LogP contribution is 2.39. The lowest BCUT2D eigenvalue weighted by Gasteiger charge is -2.19. The summed E-state index contributed by atoms with van der Waals surface area (Å²) in [4.78, 5) is 35.7. The summed E-state index contributed by atoms with van der Waals surface area (Å²) in [5.74, 6) is 1.97. The van der Waals surface area contributed by atoms with Crippen LogP contribution in [0.3, 0.4) is 0 Å². The van der Waals surface area contributed by atoms with Gasteiger partial charge in [-0.1, -0.05) is 6.07 Å². The highest BCUT2D eigenvalue weighted by Gasteiger charge is 2.25. The number of carbonyl (C=O) groups excluding carboxylic acids is 2. The first-order valence-electron chi connectivity index (χ1n) is 10.3. The van der Waals surface area contributed by atoms with E-state index >= 15 is 0 Å². The molecule has 2 aromatic heterocycles. The van der Waals surface area contributed by atoms with Gasteiger partial charge in [-0.15, -0.1) is 0 Å². The van der Waals surface area contributed by atoms with Crippen molar-refractivity contribution in [1.29, 1.82) is 0 Å². The van der Waals surface area contributed by atoms with Gasteiger partial charge in [0, 0.05) is 43.9 Å². The number of nitrogens with one attached hydrogen (secondary N) is 4. The Kier molecular flexibility index (Phi) is 6.91. The Morgan fingerprint density at radius 3 is 2.70 bits per heavy atom. The Hall–Kier alpha value is -3.10. The van der Waals surface area contributed by atoms with Crippen LogP contribution in [0, 0.1) is 0 Å². The largest absolute Gasteiger partial charge is 0.444 e. The summed E-state index contributed by atoms with van der Waals surface area (Å²) in [6.07, 6.45) is 4.00. The van der Waals surface area contributed by atoms with Gasteiger partial charge in [-0.3, -0.25) is 4.79 Å². The maximum absolute atomic E-state index is 11.9. The summed E-state index contributed by atoms with van der Waals surface area (Å²) < 4.78 is 5.12. The van der Waals surface area contributed by atoms with Gasteiger partial charge in [-0.2, -0.15) is 0 Å². The molecule has 0 bridgehead atoms. The Morgan fingerprint density at radius 1 is 1.17 bits per heavy atom.